The molecule has 26 heavy (non-hydrogen) atoms. The van der Waals surface area contributed by atoms with Gasteiger partial charge in [-0.15, -0.1) is 0 Å². The quantitative estimate of drug-likeness (QED) is 0.728. The lowest BCUT2D eigenvalue weighted by Crippen LogP contribution is -2.56. The van der Waals surface area contributed by atoms with Gasteiger partial charge in [-0.1, -0.05) is 11.8 Å². The van der Waals surface area contributed by atoms with Crippen LogP contribution >= 0.6 is 0 Å². The molecule has 0 aliphatic rings. The fourth-order valence-corrected chi connectivity index (χ4v) is 2.19. The highest BCUT2D eigenvalue weighted by molar-refractivity contribution is 5.97. The number of hydrogen-bond donors (Lipinski definition) is 3. The molecule has 0 aliphatic heterocycles. The number of nitrogens with one attached hydrogen (secondary N) is 1. The highest BCUT2D eigenvalue weighted by atomic mass is 19.1. The van der Waals surface area contributed by atoms with E-state index < -0.39 is 23.5 Å². The van der Waals surface area contributed by atoms with E-state index in [0.29, 0.717) is 16.7 Å². The summed E-state index contributed by atoms with van der Waals surface area (Å²) in [7, 11) is 0. The van der Waals surface area contributed by atoms with E-state index in [4.69, 9.17) is 5.73 Å². The van der Waals surface area contributed by atoms with E-state index in [0.717, 1.165) is 0 Å². The molecular formula is C20H19FN2O3. The molecule has 0 radical (unpaired) electrons. The number of halogens is 1. The first kappa shape index (κ1) is 19.2. The Bertz CT molecular complexity index is 857. The second-order valence-corrected chi connectivity index (χ2v) is 6.30. The molecule has 2 amide bonds. The Morgan fingerprint density at radius 3 is 1.92 bits per heavy atom. The third-order valence-corrected chi connectivity index (χ3v) is 3.61. The van der Waals surface area contributed by atoms with Gasteiger partial charge in [0.25, 0.3) is 5.91 Å². The molecule has 6 heteroatoms. The van der Waals surface area contributed by atoms with Crippen molar-refractivity contribution in [2.75, 3.05) is 0 Å². The van der Waals surface area contributed by atoms with Crippen LogP contribution in [0.4, 0.5) is 4.39 Å². The Morgan fingerprint density at radius 1 is 1.04 bits per heavy atom. The minimum atomic E-state index is -1.48. The van der Waals surface area contributed by atoms with Crippen LogP contribution in [0.25, 0.3) is 0 Å². The third kappa shape index (κ3) is 5.16. The zero-order chi connectivity index (χ0) is 19.3. The molecule has 1 unspecified atom stereocenters. The molecule has 0 bridgehead atoms. The maximum absolute atomic E-state index is 12.9. The van der Waals surface area contributed by atoms with Crippen LogP contribution < -0.4 is 11.1 Å². The van der Waals surface area contributed by atoms with Gasteiger partial charge >= 0.3 is 0 Å². The highest BCUT2D eigenvalue weighted by Gasteiger charge is 2.33. The summed E-state index contributed by atoms with van der Waals surface area (Å²) in [5, 5.41) is 12.3. The lowest BCUT2D eigenvalue weighted by molar-refractivity contribution is -0.125. The Balaban J connectivity index is 2.10. The molecule has 0 fully saturated rings. The van der Waals surface area contributed by atoms with Gasteiger partial charge in [-0.05, 0) is 62.4 Å². The number of nitrogens with two attached hydrogens (primary N) is 1. The molecular weight excluding hydrogens is 335 g/mol. The molecule has 0 aliphatic carbocycles. The van der Waals surface area contributed by atoms with Crippen molar-refractivity contribution in [3.05, 3.63) is 71.0 Å². The lowest BCUT2D eigenvalue weighted by Gasteiger charge is -2.27. The standard InChI is InChI=1S/C20H19FN2O3/c1-20(2,26)17(18(22)24)23-19(25)15-9-5-13(6-10-15)3-4-14-7-11-16(21)12-8-14/h5-12,17,26H,1-2H3,(H2,22,24)(H,23,25). The second kappa shape index (κ2) is 7.81. The Morgan fingerprint density at radius 2 is 1.50 bits per heavy atom. The maximum atomic E-state index is 12.9. The number of rotatable bonds is 4. The number of primary amides is 1. The number of carbonyl (C=O) groups excluding carboxylic acids is 2. The van der Waals surface area contributed by atoms with Crippen molar-refractivity contribution in [2.24, 2.45) is 5.73 Å². The average molecular weight is 354 g/mol. The van der Waals surface area contributed by atoms with E-state index in [1.807, 2.05) is 0 Å². The molecule has 2 aromatic carbocycles. The SMILES string of the molecule is CC(C)(O)C(NC(=O)c1ccc(C#Cc2ccc(F)cc2)cc1)C(N)=O. The van der Waals surface area contributed by atoms with E-state index >= 15 is 0 Å². The van der Waals surface area contributed by atoms with E-state index in [2.05, 4.69) is 17.2 Å². The zero-order valence-corrected chi connectivity index (χ0v) is 14.4. The van der Waals surface area contributed by atoms with Gasteiger partial charge in [-0.25, -0.2) is 4.39 Å². The van der Waals surface area contributed by atoms with Crippen LogP contribution in [-0.4, -0.2) is 28.6 Å². The maximum Gasteiger partial charge on any atom is 0.252 e. The van der Waals surface area contributed by atoms with Gasteiger partial charge in [-0.3, -0.25) is 9.59 Å². The number of amides is 2. The summed E-state index contributed by atoms with van der Waals surface area (Å²) in [6.45, 7) is 2.77. The summed E-state index contributed by atoms with van der Waals surface area (Å²) in [5.41, 5.74) is 5.37. The first-order valence-corrected chi connectivity index (χ1v) is 7.87. The van der Waals surface area contributed by atoms with Crippen molar-refractivity contribution >= 4 is 11.8 Å². The lowest BCUT2D eigenvalue weighted by atomic mass is 9.98. The summed E-state index contributed by atoms with van der Waals surface area (Å²) < 4.78 is 12.9. The molecule has 0 heterocycles. The second-order valence-electron chi connectivity index (χ2n) is 6.30. The van der Waals surface area contributed by atoms with Crippen LogP contribution in [-0.2, 0) is 4.79 Å². The predicted molar refractivity (Wildman–Crippen MR) is 95.6 cm³/mol. The molecule has 5 nitrogen and oxygen atoms in total. The topological polar surface area (TPSA) is 92.4 Å². The van der Waals surface area contributed by atoms with Gasteiger partial charge in [0.1, 0.15) is 11.9 Å². The monoisotopic (exact) mass is 354 g/mol. The average Bonchev–Trinajstić information content (AvgIpc) is 2.58. The van der Waals surface area contributed by atoms with E-state index in [1.54, 1.807) is 36.4 Å². The summed E-state index contributed by atoms with van der Waals surface area (Å²) in [6, 6.07) is 11.0. The molecule has 0 aromatic heterocycles. The Kier molecular flexibility index (Phi) is 5.75. The molecule has 0 spiro atoms. The molecule has 4 N–H and O–H groups in total. The normalized spacial score (nSPS) is 11.8. The van der Waals surface area contributed by atoms with Crippen molar-refractivity contribution in [2.45, 2.75) is 25.5 Å². The molecule has 0 saturated heterocycles. The third-order valence-electron chi connectivity index (χ3n) is 3.61. The smallest absolute Gasteiger partial charge is 0.252 e. The fourth-order valence-electron chi connectivity index (χ4n) is 2.19. The summed E-state index contributed by atoms with van der Waals surface area (Å²) in [4.78, 5) is 23.6. The van der Waals surface area contributed by atoms with Crippen LogP contribution in [0.3, 0.4) is 0 Å². The van der Waals surface area contributed by atoms with Gasteiger partial charge in [0.05, 0.1) is 5.60 Å². The van der Waals surface area contributed by atoms with Crippen LogP contribution in [0.15, 0.2) is 48.5 Å². The van der Waals surface area contributed by atoms with Crippen molar-refractivity contribution in [3.63, 3.8) is 0 Å². The molecule has 0 saturated carbocycles. The minimum Gasteiger partial charge on any atom is -0.388 e. The zero-order valence-electron chi connectivity index (χ0n) is 14.4. The minimum absolute atomic E-state index is 0.299. The van der Waals surface area contributed by atoms with Gasteiger partial charge in [-0.2, -0.15) is 0 Å². The van der Waals surface area contributed by atoms with Crippen molar-refractivity contribution in [1.29, 1.82) is 0 Å². The van der Waals surface area contributed by atoms with Crippen LogP contribution in [0.2, 0.25) is 0 Å². The molecule has 2 aromatic rings. The van der Waals surface area contributed by atoms with Crippen LogP contribution in [0.1, 0.15) is 35.3 Å². The van der Waals surface area contributed by atoms with Crippen molar-refractivity contribution < 1.29 is 19.1 Å². The molecule has 2 rings (SSSR count). The number of hydrogen-bond acceptors (Lipinski definition) is 3. The number of benzene rings is 2. The van der Waals surface area contributed by atoms with Crippen molar-refractivity contribution in [1.82, 2.24) is 5.32 Å². The fraction of sp³-hybridized carbons (Fsp3) is 0.200. The van der Waals surface area contributed by atoms with Gasteiger partial charge < -0.3 is 16.2 Å². The van der Waals surface area contributed by atoms with Gasteiger partial charge in [0, 0.05) is 16.7 Å². The largest absolute Gasteiger partial charge is 0.388 e. The molecule has 134 valence electrons. The van der Waals surface area contributed by atoms with Gasteiger partial charge in [0.2, 0.25) is 5.91 Å². The Hall–Kier alpha value is -3.17. The molecule has 1 atom stereocenters. The van der Waals surface area contributed by atoms with Crippen molar-refractivity contribution in [3.8, 4) is 11.8 Å². The Labute approximate surface area is 151 Å². The number of carbonyl (C=O) groups is 2. The summed E-state index contributed by atoms with van der Waals surface area (Å²) in [5.74, 6) is 4.12. The predicted octanol–water partition coefficient (Wildman–Crippen LogP) is 1.58. The van der Waals surface area contributed by atoms with Gasteiger partial charge in [0.15, 0.2) is 0 Å². The van der Waals surface area contributed by atoms with E-state index in [-0.39, 0.29) is 5.82 Å². The highest BCUT2D eigenvalue weighted by Crippen LogP contribution is 2.10. The van der Waals surface area contributed by atoms with E-state index in [9.17, 15) is 19.1 Å². The van der Waals surface area contributed by atoms with Crippen LogP contribution in [0.5, 0.6) is 0 Å². The van der Waals surface area contributed by atoms with E-state index in [1.165, 1.54) is 26.0 Å². The summed E-state index contributed by atoms with van der Waals surface area (Å²) >= 11 is 0. The first-order valence-electron chi connectivity index (χ1n) is 7.87. The first-order chi connectivity index (χ1) is 12.2. The van der Waals surface area contributed by atoms with Crippen LogP contribution in [0, 0.1) is 17.7 Å². The summed E-state index contributed by atoms with van der Waals surface area (Å²) in [6.07, 6.45) is 0. The number of aliphatic hydroxyl groups is 1.